The van der Waals surface area contributed by atoms with Crippen LogP contribution >= 0.6 is 0 Å². The number of hydrogen-bond acceptors (Lipinski definition) is 3. The fourth-order valence-electron chi connectivity index (χ4n) is 2.43. The Morgan fingerprint density at radius 2 is 2.17 bits per heavy atom. The fraction of sp³-hybridized carbons (Fsp3) is 0.929. The van der Waals surface area contributed by atoms with Crippen molar-refractivity contribution in [3.05, 3.63) is 0 Å². The molecule has 1 amide bonds. The highest BCUT2D eigenvalue weighted by Gasteiger charge is 2.38. The molecule has 3 N–H and O–H groups in total. The molecule has 2 atom stereocenters. The quantitative estimate of drug-likeness (QED) is 0.691. The number of hydrogen-bond donors (Lipinski definition) is 3. The maximum atomic E-state index is 12.4. The lowest BCUT2D eigenvalue weighted by Gasteiger charge is -2.37. The molecule has 2 unspecified atom stereocenters. The lowest BCUT2D eigenvalue weighted by molar-refractivity contribution is -0.134. The summed E-state index contributed by atoms with van der Waals surface area (Å²) in [6.07, 6.45) is 2.23. The van der Waals surface area contributed by atoms with Gasteiger partial charge in [-0.05, 0) is 37.8 Å². The molecule has 0 spiro atoms. The van der Waals surface area contributed by atoms with Crippen LogP contribution in [0.15, 0.2) is 0 Å². The van der Waals surface area contributed by atoms with Crippen LogP contribution in [0.2, 0.25) is 0 Å². The Balaban J connectivity index is 2.62. The molecule has 0 aromatic heterocycles. The van der Waals surface area contributed by atoms with E-state index in [0.29, 0.717) is 5.92 Å². The van der Waals surface area contributed by atoms with Gasteiger partial charge in [0, 0.05) is 5.41 Å². The minimum absolute atomic E-state index is 0.00238. The van der Waals surface area contributed by atoms with Crippen molar-refractivity contribution in [3.8, 4) is 0 Å². The molecular formula is C14H28N2O2. The average molecular weight is 256 g/mol. The zero-order valence-electron chi connectivity index (χ0n) is 12.1. The summed E-state index contributed by atoms with van der Waals surface area (Å²) in [6.45, 7) is 10.0. The molecule has 1 fully saturated rings. The van der Waals surface area contributed by atoms with Gasteiger partial charge in [-0.25, -0.2) is 0 Å². The molecule has 1 rings (SSSR count). The molecule has 1 heterocycles. The van der Waals surface area contributed by atoms with Gasteiger partial charge in [-0.3, -0.25) is 4.79 Å². The van der Waals surface area contributed by atoms with E-state index in [9.17, 15) is 9.90 Å². The van der Waals surface area contributed by atoms with Crippen LogP contribution in [-0.4, -0.2) is 36.8 Å². The smallest absolute Gasteiger partial charge is 0.226 e. The zero-order chi connectivity index (χ0) is 13.8. The van der Waals surface area contributed by atoms with E-state index < -0.39 is 0 Å². The molecule has 106 valence electrons. The molecule has 0 aliphatic carbocycles. The van der Waals surface area contributed by atoms with Crippen molar-refractivity contribution in [2.45, 2.75) is 46.6 Å². The second-order valence-electron chi connectivity index (χ2n) is 6.27. The van der Waals surface area contributed by atoms with Crippen molar-refractivity contribution in [2.75, 3.05) is 19.7 Å². The number of carbonyl (C=O) groups excluding carboxylic acids is 1. The van der Waals surface area contributed by atoms with Gasteiger partial charge in [-0.15, -0.1) is 0 Å². The summed E-state index contributed by atoms with van der Waals surface area (Å²) in [6, 6.07) is -0.145. The van der Waals surface area contributed by atoms with Crippen LogP contribution in [0.3, 0.4) is 0 Å². The van der Waals surface area contributed by atoms with Gasteiger partial charge in [-0.1, -0.05) is 27.7 Å². The van der Waals surface area contributed by atoms with Crippen LogP contribution in [0.5, 0.6) is 0 Å². The number of carbonyl (C=O) groups is 1. The molecule has 1 saturated heterocycles. The summed E-state index contributed by atoms with van der Waals surface area (Å²) in [5.41, 5.74) is -0.379. The van der Waals surface area contributed by atoms with E-state index in [0.717, 1.165) is 25.9 Å². The van der Waals surface area contributed by atoms with Gasteiger partial charge in [0.05, 0.1) is 12.6 Å². The lowest BCUT2D eigenvalue weighted by atomic mass is 9.74. The SMILES string of the molecule is CC(C)C(CO)NC(=O)C(C)(C)C1CCCNC1. The van der Waals surface area contributed by atoms with Crippen molar-refractivity contribution < 1.29 is 9.90 Å². The zero-order valence-corrected chi connectivity index (χ0v) is 12.1. The van der Waals surface area contributed by atoms with E-state index in [1.165, 1.54) is 0 Å². The van der Waals surface area contributed by atoms with Crippen molar-refractivity contribution in [3.63, 3.8) is 0 Å². The first-order valence-corrected chi connectivity index (χ1v) is 7.02. The normalized spacial score (nSPS) is 22.9. The van der Waals surface area contributed by atoms with E-state index in [2.05, 4.69) is 10.6 Å². The monoisotopic (exact) mass is 256 g/mol. The first-order valence-electron chi connectivity index (χ1n) is 7.02. The molecule has 0 aromatic rings. The second kappa shape index (κ2) is 6.53. The standard InChI is InChI=1S/C14H28N2O2/c1-10(2)12(9-17)16-13(18)14(3,4)11-6-5-7-15-8-11/h10-12,15,17H,5-9H2,1-4H3,(H,16,18). The van der Waals surface area contributed by atoms with E-state index in [-0.39, 0.29) is 29.9 Å². The Morgan fingerprint density at radius 3 is 2.61 bits per heavy atom. The van der Waals surface area contributed by atoms with E-state index in [1.54, 1.807) is 0 Å². The third-order valence-electron chi connectivity index (χ3n) is 4.22. The Hall–Kier alpha value is -0.610. The van der Waals surface area contributed by atoms with Crippen LogP contribution in [0.1, 0.15) is 40.5 Å². The highest BCUT2D eigenvalue weighted by Crippen LogP contribution is 2.32. The predicted octanol–water partition coefficient (Wildman–Crippen LogP) is 1.15. The highest BCUT2D eigenvalue weighted by atomic mass is 16.3. The summed E-state index contributed by atoms with van der Waals surface area (Å²) >= 11 is 0. The van der Waals surface area contributed by atoms with Crippen LogP contribution in [-0.2, 0) is 4.79 Å². The van der Waals surface area contributed by atoms with E-state index in [1.807, 2.05) is 27.7 Å². The number of amides is 1. The Bertz CT molecular complexity index is 271. The van der Waals surface area contributed by atoms with Gasteiger partial charge >= 0.3 is 0 Å². The van der Waals surface area contributed by atoms with Crippen molar-refractivity contribution in [1.29, 1.82) is 0 Å². The highest BCUT2D eigenvalue weighted by molar-refractivity contribution is 5.82. The van der Waals surface area contributed by atoms with Crippen molar-refractivity contribution >= 4 is 5.91 Å². The summed E-state index contributed by atoms with van der Waals surface area (Å²) in [5.74, 6) is 0.681. The van der Waals surface area contributed by atoms with Gasteiger partial charge < -0.3 is 15.7 Å². The van der Waals surface area contributed by atoms with Crippen LogP contribution in [0.25, 0.3) is 0 Å². The van der Waals surface area contributed by atoms with Gasteiger partial charge in [0.15, 0.2) is 0 Å². The molecule has 4 heteroatoms. The first-order chi connectivity index (χ1) is 8.39. The number of rotatable bonds is 5. The Kier molecular flexibility index (Phi) is 5.60. The molecule has 0 aromatic carbocycles. The molecule has 0 saturated carbocycles. The van der Waals surface area contributed by atoms with Crippen LogP contribution < -0.4 is 10.6 Å². The molecule has 1 aliphatic heterocycles. The van der Waals surface area contributed by atoms with E-state index in [4.69, 9.17) is 0 Å². The minimum atomic E-state index is -0.379. The third-order valence-corrected chi connectivity index (χ3v) is 4.22. The van der Waals surface area contributed by atoms with Crippen molar-refractivity contribution in [2.24, 2.45) is 17.3 Å². The van der Waals surface area contributed by atoms with Crippen LogP contribution in [0, 0.1) is 17.3 Å². The number of piperidine rings is 1. The largest absolute Gasteiger partial charge is 0.394 e. The van der Waals surface area contributed by atoms with Gasteiger partial charge in [0.25, 0.3) is 0 Å². The second-order valence-corrected chi connectivity index (χ2v) is 6.27. The Morgan fingerprint density at radius 1 is 1.50 bits per heavy atom. The summed E-state index contributed by atoms with van der Waals surface area (Å²) in [5, 5.41) is 15.6. The number of nitrogens with one attached hydrogen (secondary N) is 2. The molecule has 0 radical (unpaired) electrons. The van der Waals surface area contributed by atoms with Gasteiger partial charge in [0.1, 0.15) is 0 Å². The van der Waals surface area contributed by atoms with Gasteiger partial charge in [0.2, 0.25) is 5.91 Å². The number of aliphatic hydroxyl groups is 1. The topological polar surface area (TPSA) is 61.4 Å². The summed E-state index contributed by atoms with van der Waals surface area (Å²) < 4.78 is 0. The van der Waals surface area contributed by atoms with E-state index >= 15 is 0 Å². The summed E-state index contributed by atoms with van der Waals surface area (Å²) in [4.78, 5) is 12.4. The molecule has 1 aliphatic rings. The maximum Gasteiger partial charge on any atom is 0.226 e. The fourth-order valence-corrected chi connectivity index (χ4v) is 2.43. The molecule has 4 nitrogen and oxygen atoms in total. The predicted molar refractivity (Wildman–Crippen MR) is 73.2 cm³/mol. The summed E-state index contributed by atoms with van der Waals surface area (Å²) in [7, 11) is 0. The third kappa shape index (κ3) is 3.69. The van der Waals surface area contributed by atoms with Crippen molar-refractivity contribution in [1.82, 2.24) is 10.6 Å². The lowest BCUT2D eigenvalue weighted by Crippen LogP contribution is -2.51. The molecule has 0 bridgehead atoms. The average Bonchev–Trinajstić information content (AvgIpc) is 2.36. The number of aliphatic hydroxyl groups excluding tert-OH is 1. The maximum absolute atomic E-state index is 12.4. The molecule has 18 heavy (non-hydrogen) atoms. The first kappa shape index (κ1) is 15.4. The minimum Gasteiger partial charge on any atom is -0.394 e. The Labute approximate surface area is 111 Å². The molecular weight excluding hydrogens is 228 g/mol. The van der Waals surface area contributed by atoms with Crippen LogP contribution in [0.4, 0.5) is 0 Å². The van der Waals surface area contributed by atoms with Gasteiger partial charge in [-0.2, -0.15) is 0 Å².